The summed E-state index contributed by atoms with van der Waals surface area (Å²) in [4.78, 5) is 15.4. The first-order valence-electron chi connectivity index (χ1n) is 11.0. The number of rotatable bonds is 6. The first-order chi connectivity index (χ1) is 15.6. The summed E-state index contributed by atoms with van der Waals surface area (Å²) in [6, 6.07) is 22.1. The molecule has 33 heavy (non-hydrogen) atoms. The van der Waals surface area contributed by atoms with Crippen LogP contribution in [-0.2, 0) is 23.0 Å². The van der Waals surface area contributed by atoms with Crippen LogP contribution in [0.2, 0.25) is 0 Å². The molecule has 0 unspecified atom stereocenters. The first-order valence-corrected chi connectivity index (χ1v) is 12.5. The Balaban J connectivity index is 1.49. The van der Waals surface area contributed by atoms with Crippen molar-refractivity contribution in [2.24, 2.45) is 0 Å². The normalized spacial score (nSPS) is 13.6. The second-order valence-corrected chi connectivity index (χ2v) is 11.0. The number of sulfonamides is 1. The molecule has 0 aromatic heterocycles. The zero-order valence-electron chi connectivity index (χ0n) is 19.1. The molecular weight excluding hydrogens is 434 g/mol. The van der Waals surface area contributed by atoms with E-state index in [1.165, 1.54) is 35.5 Å². The lowest BCUT2D eigenvalue weighted by atomic mass is 10.1. The quantitative estimate of drug-likeness (QED) is 0.561. The summed E-state index contributed by atoms with van der Waals surface area (Å²) in [5.41, 5.74) is 4.16. The molecule has 0 saturated carbocycles. The van der Waals surface area contributed by atoms with Gasteiger partial charge in [-0.3, -0.25) is 4.79 Å². The fraction of sp³-hybridized carbons (Fsp3) is 0.269. The Morgan fingerprint density at radius 2 is 1.61 bits per heavy atom. The number of nitrogens with zero attached hydrogens (tertiary/aromatic N) is 1. The van der Waals surface area contributed by atoms with E-state index in [1.54, 1.807) is 20.8 Å². The van der Waals surface area contributed by atoms with Gasteiger partial charge in [-0.25, -0.2) is 13.1 Å². The van der Waals surface area contributed by atoms with Gasteiger partial charge in [0.1, 0.15) is 0 Å². The highest BCUT2D eigenvalue weighted by molar-refractivity contribution is 7.89. The van der Waals surface area contributed by atoms with Crippen molar-refractivity contribution in [3.05, 3.63) is 89.5 Å². The van der Waals surface area contributed by atoms with Gasteiger partial charge in [-0.1, -0.05) is 36.4 Å². The number of carbonyl (C=O) groups excluding carboxylic acids is 1. The number of fused-ring (bicyclic) bond motifs is 1. The standard InChI is InChI=1S/C26H29N3O3S/c1-26(2,3)28-33(31,32)22-14-12-20(13-15-22)25(30)27-23-10-6-4-9-21(23)18-29-17-16-19-8-5-7-11-24(19)29/h4-15,28H,16-18H2,1-3H3,(H,27,30). The van der Waals surface area contributed by atoms with Crippen LogP contribution in [0, 0.1) is 0 Å². The predicted octanol–water partition coefficient (Wildman–Crippen LogP) is 4.58. The van der Waals surface area contributed by atoms with Crippen molar-refractivity contribution in [3.63, 3.8) is 0 Å². The molecule has 3 aromatic carbocycles. The fourth-order valence-electron chi connectivity index (χ4n) is 4.00. The lowest BCUT2D eigenvalue weighted by Crippen LogP contribution is -2.40. The summed E-state index contributed by atoms with van der Waals surface area (Å²) >= 11 is 0. The van der Waals surface area contributed by atoms with Gasteiger partial charge in [0.25, 0.3) is 5.91 Å². The van der Waals surface area contributed by atoms with Crippen LogP contribution in [0.4, 0.5) is 11.4 Å². The van der Waals surface area contributed by atoms with Gasteiger partial charge in [-0.15, -0.1) is 0 Å². The van der Waals surface area contributed by atoms with Gasteiger partial charge in [0.15, 0.2) is 0 Å². The maximum absolute atomic E-state index is 12.9. The summed E-state index contributed by atoms with van der Waals surface area (Å²) in [5, 5.41) is 2.99. The highest BCUT2D eigenvalue weighted by Gasteiger charge is 2.23. The second kappa shape index (κ2) is 9.00. The van der Waals surface area contributed by atoms with Gasteiger partial charge in [0.05, 0.1) is 4.90 Å². The van der Waals surface area contributed by atoms with Crippen LogP contribution in [-0.4, -0.2) is 26.4 Å². The minimum absolute atomic E-state index is 0.127. The number of amides is 1. The molecule has 3 aromatic rings. The minimum Gasteiger partial charge on any atom is -0.367 e. The Kier molecular flexibility index (Phi) is 6.28. The van der Waals surface area contributed by atoms with Crippen LogP contribution in [0.3, 0.4) is 0 Å². The van der Waals surface area contributed by atoms with E-state index in [1.807, 2.05) is 30.3 Å². The van der Waals surface area contributed by atoms with Crippen LogP contribution in [0.25, 0.3) is 0 Å². The van der Waals surface area contributed by atoms with Gasteiger partial charge in [0, 0.05) is 35.6 Å². The third-order valence-electron chi connectivity index (χ3n) is 5.48. The number of hydrogen-bond acceptors (Lipinski definition) is 4. The Bertz CT molecular complexity index is 1260. The number of nitrogens with one attached hydrogen (secondary N) is 2. The molecule has 172 valence electrons. The molecule has 4 rings (SSSR count). The number of carbonyl (C=O) groups is 1. The van der Waals surface area contributed by atoms with E-state index in [2.05, 4.69) is 33.1 Å². The van der Waals surface area contributed by atoms with Crippen molar-refractivity contribution >= 4 is 27.3 Å². The zero-order chi connectivity index (χ0) is 23.6. The van der Waals surface area contributed by atoms with E-state index < -0.39 is 15.6 Å². The summed E-state index contributed by atoms with van der Waals surface area (Å²) in [6.45, 7) is 6.99. The molecule has 0 radical (unpaired) electrons. The predicted molar refractivity (Wildman–Crippen MR) is 132 cm³/mol. The average molecular weight is 464 g/mol. The Morgan fingerprint density at radius 1 is 0.939 bits per heavy atom. The van der Waals surface area contributed by atoms with Crippen molar-refractivity contribution in [2.45, 2.75) is 44.2 Å². The SMILES string of the molecule is CC(C)(C)NS(=O)(=O)c1ccc(C(=O)Nc2ccccc2CN2CCc3ccccc32)cc1. The van der Waals surface area contributed by atoms with Crippen LogP contribution in [0.1, 0.15) is 42.3 Å². The Morgan fingerprint density at radius 3 is 2.33 bits per heavy atom. The lowest BCUT2D eigenvalue weighted by molar-refractivity contribution is 0.102. The molecule has 0 spiro atoms. The second-order valence-electron chi connectivity index (χ2n) is 9.29. The van der Waals surface area contributed by atoms with Crippen LogP contribution >= 0.6 is 0 Å². The molecule has 1 heterocycles. The smallest absolute Gasteiger partial charge is 0.255 e. The van der Waals surface area contributed by atoms with E-state index >= 15 is 0 Å². The van der Waals surface area contributed by atoms with Gasteiger partial charge in [0.2, 0.25) is 10.0 Å². The van der Waals surface area contributed by atoms with Crippen molar-refractivity contribution in [2.75, 3.05) is 16.8 Å². The molecule has 0 bridgehead atoms. The maximum atomic E-state index is 12.9. The monoisotopic (exact) mass is 463 g/mol. The molecule has 6 nitrogen and oxygen atoms in total. The molecular formula is C26H29N3O3S. The van der Waals surface area contributed by atoms with Crippen molar-refractivity contribution < 1.29 is 13.2 Å². The summed E-state index contributed by atoms with van der Waals surface area (Å²) < 4.78 is 27.6. The molecule has 1 aliphatic heterocycles. The third-order valence-corrected chi connectivity index (χ3v) is 7.25. The van der Waals surface area contributed by atoms with E-state index in [-0.39, 0.29) is 10.8 Å². The number of benzene rings is 3. The largest absolute Gasteiger partial charge is 0.367 e. The van der Waals surface area contributed by atoms with Crippen molar-refractivity contribution in [3.8, 4) is 0 Å². The average Bonchev–Trinajstić information content (AvgIpc) is 3.16. The molecule has 0 saturated heterocycles. The van der Waals surface area contributed by atoms with E-state index in [4.69, 9.17) is 0 Å². The van der Waals surface area contributed by atoms with Gasteiger partial charge >= 0.3 is 0 Å². The van der Waals surface area contributed by atoms with Gasteiger partial charge in [-0.05, 0) is 74.7 Å². The molecule has 0 aliphatic carbocycles. The molecule has 2 N–H and O–H groups in total. The molecule has 1 amide bonds. The third kappa shape index (κ3) is 5.43. The zero-order valence-corrected chi connectivity index (χ0v) is 19.9. The highest BCUT2D eigenvalue weighted by Crippen LogP contribution is 2.30. The molecule has 0 atom stereocenters. The summed E-state index contributed by atoms with van der Waals surface area (Å²) in [7, 11) is -3.65. The molecule has 7 heteroatoms. The Labute approximate surface area is 195 Å². The summed E-state index contributed by atoms with van der Waals surface area (Å²) in [6.07, 6.45) is 1.02. The van der Waals surface area contributed by atoms with E-state index in [9.17, 15) is 13.2 Å². The molecule has 0 fully saturated rings. The van der Waals surface area contributed by atoms with E-state index in [0.29, 0.717) is 12.1 Å². The van der Waals surface area contributed by atoms with Crippen LogP contribution in [0.5, 0.6) is 0 Å². The maximum Gasteiger partial charge on any atom is 0.255 e. The number of anilines is 2. The fourth-order valence-corrected chi connectivity index (χ4v) is 5.42. The summed E-state index contributed by atoms with van der Waals surface area (Å²) in [5.74, 6) is -0.281. The lowest BCUT2D eigenvalue weighted by Gasteiger charge is -2.21. The van der Waals surface area contributed by atoms with Gasteiger partial charge in [-0.2, -0.15) is 0 Å². The highest BCUT2D eigenvalue weighted by atomic mass is 32.2. The van der Waals surface area contributed by atoms with Crippen LogP contribution in [0.15, 0.2) is 77.7 Å². The number of para-hydroxylation sites is 2. The first kappa shape index (κ1) is 23.0. The molecule has 1 aliphatic rings. The topological polar surface area (TPSA) is 78.5 Å². The van der Waals surface area contributed by atoms with Crippen molar-refractivity contribution in [1.82, 2.24) is 4.72 Å². The van der Waals surface area contributed by atoms with Crippen LogP contribution < -0.4 is 14.9 Å². The number of hydrogen-bond donors (Lipinski definition) is 2. The van der Waals surface area contributed by atoms with Crippen molar-refractivity contribution in [1.29, 1.82) is 0 Å². The Hall–Kier alpha value is -3.16. The van der Waals surface area contributed by atoms with Gasteiger partial charge < -0.3 is 10.2 Å². The minimum atomic E-state index is -3.65. The van der Waals surface area contributed by atoms with E-state index in [0.717, 1.165) is 24.2 Å².